The fourth-order valence-corrected chi connectivity index (χ4v) is 2.29. The number of benzene rings is 2. The van der Waals surface area contributed by atoms with Gasteiger partial charge in [0.05, 0.1) is 10.3 Å². The highest BCUT2D eigenvalue weighted by molar-refractivity contribution is 6.04. The molecule has 0 aliphatic carbocycles. The van der Waals surface area contributed by atoms with Gasteiger partial charge in [-0.15, -0.1) is 0 Å². The van der Waals surface area contributed by atoms with Gasteiger partial charge in [-0.25, -0.2) is 5.10 Å². The lowest BCUT2D eigenvalue weighted by molar-refractivity contribution is -0.384. The number of aromatic amines is 1. The van der Waals surface area contributed by atoms with E-state index in [4.69, 9.17) is 0 Å². The molecule has 2 N–H and O–H groups in total. The van der Waals surface area contributed by atoms with Crippen molar-refractivity contribution < 1.29 is 9.72 Å². The quantitative estimate of drug-likeness (QED) is 0.560. The van der Waals surface area contributed by atoms with Crippen LogP contribution in [0.4, 0.5) is 5.69 Å². The lowest BCUT2D eigenvalue weighted by Crippen LogP contribution is -2.26. The Balaban J connectivity index is 1.79. The number of carbonyl (C=O) groups is 1. The number of fused-ring (bicyclic) bond motifs is 1. The predicted octanol–water partition coefficient (Wildman–Crippen LogP) is 1.76. The summed E-state index contributed by atoms with van der Waals surface area (Å²) in [7, 11) is 0. The van der Waals surface area contributed by atoms with Gasteiger partial charge in [0.25, 0.3) is 17.2 Å². The molecular formula is C16H12N4O4. The van der Waals surface area contributed by atoms with Crippen molar-refractivity contribution in [2.75, 3.05) is 0 Å². The Morgan fingerprint density at radius 1 is 1.12 bits per heavy atom. The van der Waals surface area contributed by atoms with E-state index in [1.807, 2.05) is 0 Å². The summed E-state index contributed by atoms with van der Waals surface area (Å²) >= 11 is 0. The minimum Gasteiger partial charge on any atom is -0.347 e. The molecule has 0 radical (unpaired) electrons. The van der Waals surface area contributed by atoms with Crippen LogP contribution in [-0.4, -0.2) is 21.0 Å². The summed E-state index contributed by atoms with van der Waals surface area (Å²) in [5.74, 6) is -0.444. The van der Waals surface area contributed by atoms with Crippen molar-refractivity contribution in [2.45, 2.75) is 6.54 Å². The van der Waals surface area contributed by atoms with Gasteiger partial charge in [0.15, 0.2) is 5.69 Å². The van der Waals surface area contributed by atoms with Crippen molar-refractivity contribution in [2.24, 2.45) is 0 Å². The number of aromatic nitrogens is 2. The van der Waals surface area contributed by atoms with Crippen molar-refractivity contribution in [1.29, 1.82) is 0 Å². The van der Waals surface area contributed by atoms with Crippen LogP contribution in [-0.2, 0) is 6.54 Å². The fraction of sp³-hybridized carbons (Fsp3) is 0.0625. The second kappa shape index (κ2) is 6.29. The molecule has 0 aliphatic rings. The maximum atomic E-state index is 12.3. The number of nitrogens with one attached hydrogen (secondary N) is 2. The maximum absolute atomic E-state index is 12.3. The highest BCUT2D eigenvalue weighted by atomic mass is 16.6. The first kappa shape index (κ1) is 15.3. The number of carbonyl (C=O) groups excluding carboxylic acids is 1. The molecule has 1 amide bonds. The van der Waals surface area contributed by atoms with Crippen LogP contribution in [0.1, 0.15) is 16.1 Å². The number of rotatable bonds is 4. The number of non-ortho nitro benzene ring substituents is 1. The van der Waals surface area contributed by atoms with Gasteiger partial charge in [-0.3, -0.25) is 19.7 Å². The standard InChI is InChI=1S/C16H12N4O4/c21-15-13-4-2-1-3-12(13)14(18-19-15)16(22)17-9-10-5-7-11(8-6-10)20(23)24/h1-8H,9H2,(H,17,22)(H,19,21). The van der Waals surface area contributed by atoms with E-state index in [1.165, 1.54) is 12.1 Å². The first-order chi connectivity index (χ1) is 11.6. The van der Waals surface area contributed by atoms with Gasteiger partial charge >= 0.3 is 0 Å². The summed E-state index contributed by atoms with van der Waals surface area (Å²) in [4.78, 5) is 34.2. The van der Waals surface area contributed by atoms with E-state index in [-0.39, 0.29) is 23.5 Å². The molecule has 1 heterocycles. The second-order valence-electron chi connectivity index (χ2n) is 5.05. The summed E-state index contributed by atoms with van der Waals surface area (Å²) < 4.78 is 0. The third-order valence-corrected chi connectivity index (χ3v) is 3.51. The van der Waals surface area contributed by atoms with E-state index in [9.17, 15) is 19.7 Å². The SMILES string of the molecule is O=C(NCc1ccc([N+](=O)[O-])cc1)c1n[nH]c(=O)c2ccccc12. The predicted molar refractivity (Wildman–Crippen MR) is 86.6 cm³/mol. The number of nitro groups is 1. The average Bonchev–Trinajstić information content (AvgIpc) is 2.60. The summed E-state index contributed by atoms with van der Waals surface area (Å²) in [6.45, 7) is 0.186. The van der Waals surface area contributed by atoms with Gasteiger partial charge in [-0.1, -0.05) is 30.3 Å². The van der Waals surface area contributed by atoms with Crippen LogP contribution in [0.15, 0.2) is 53.3 Å². The Kier molecular flexibility index (Phi) is 4.02. The monoisotopic (exact) mass is 324 g/mol. The fourth-order valence-electron chi connectivity index (χ4n) is 2.29. The highest BCUT2D eigenvalue weighted by Gasteiger charge is 2.13. The molecule has 0 atom stereocenters. The van der Waals surface area contributed by atoms with Gasteiger partial charge in [0.1, 0.15) is 0 Å². The Morgan fingerprint density at radius 2 is 1.79 bits per heavy atom. The number of amides is 1. The molecule has 0 saturated heterocycles. The molecule has 24 heavy (non-hydrogen) atoms. The minimum absolute atomic E-state index is 0.0154. The van der Waals surface area contributed by atoms with E-state index in [0.29, 0.717) is 16.3 Å². The van der Waals surface area contributed by atoms with E-state index >= 15 is 0 Å². The molecular weight excluding hydrogens is 312 g/mol. The average molecular weight is 324 g/mol. The molecule has 0 unspecified atom stereocenters. The lowest BCUT2D eigenvalue weighted by atomic mass is 10.1. The van der Waals surface area contributed by atoms with Gasteiger partial charge in [-0.2, -0.15) is 5.10 Å². The number of nitrogens with zero attached hydrogens (tertiary/aromatic N) is 2. The van der Waals surface area contributed by atoms with Gasteiger partial charge in [0.2, 0.25) is 0 Å². The van der Waals surface area contributed by atoms with Crippen molar-refractivity contribution in [3.8, 4) is 0 Å². The smallest absolute Gasteiger partial charge is 0.272 e. The molecule has 3 aromatic rings. The second-order valence-corrected chi connectivity index (χ2v) is 5.05. The summed E-state index contributed by atoms with van der Waals surface area (Å²) in [5.41, 5.74) is 0.450. The molecule has 2 aromatic carbocycles. The zero-order valence-corrected chi connectivity index (χ0v) is 12.4. The van der Waals surface area contributed by atoms with E-state index in [2.05, 4.69) is 15.5 Å². The molecule has 0 saturated carbocycles. The van der Waals surface area contributed by atoms with E-state index in [0.717, 1.165) is 0 Å². The Labute approximate surface area is 135 Å². The van der Waals surface area contributed by atoms with Gasteiger partial charge in [-0.05, 0) is 11.6 Å². The molecule has 0 fully saturated rings. The van der Waals surface area contributed by atoms with Crippen LogP contribution < -0.4 is 10.9 Å². The highest BCUT2D eigenvalue weighted by Crippen LogP contribution is 2.14. The number of H-pyrrole nitrogens is 1. The topological polar surface area (TPSA) is 118 Å². The minimum atomic E-state index is -0.487. The van der Waals surface area contributed by atoms with E-state index < -0.39 is 10.8 Å². The summed E-state index contributed by atoms with van der Waals surface area (Å²) in [6.07, 6.45) is 0. The first-order valence-electron chi connectivity index (χ1n) is 7.05. The number of hydrogen-bond donors (Lipinski definition) is 2. The summed E-state index contributed by atoms with van der Waals surface area (Å²) in [5, 5.41) is 20.3. The number of hydrogen-bond acceptors (Lipinski definition) is 5. The summed E-state index contributed by atoms with van der Waals surface area (Å²) in [6, 6.07) is 12.6. The van der Waals surface area contributed by atoms with E-state index in [1.54, 1.807) is 36.4 Å². The molecule has 0 spiro atoms. The molecule has 8 nitrogen and oxygen atoms in total. The largest absolute Gasteiger partial charge is 0.347 e. The molecule has 0 bridgehead atoms. The zero-order chi connectivity index (χ0) is 17.1. The zero-order valence-electron chi connectivity index (χ0n) is 12.4. The molecule has 8 heteroatoms. The third kappa shape index (κ3) is 2.98. The molecule has 3 rings (SSSR count). The molecule has 1 aromatic heterocycles. The van der Waals surface area contributed by atoms with Crippen molar-refractivity contribution >= 4 is 22.4 Å². The van der Waals surface area contributed by atoms with Crippen LogP contribution in [0.2, 0.25) is 0 Å². The van der Waals surface area contributed by atoms with Gasteiger partial charge in [0, 0.05) is 24.1 Å². The Morgan fingerprint density at radius 3 is 2.46 bits per heavy atom. The van der Waals surface area contributed by atoms with Crippen LogP contribution in [0.3, 0.4) is 0 Å². The Bertz CT molecular complexity index is 979. The van der Waals surface area contributed by atoms with Crippen molar-refractivity contribution in [1.82, 2.24) is 15.5 Å². The first-order valence-corrected chi connectivity index (χ1v) is 7.05. The third-order valence-electron chi connectivity index (χ3n) is 3.51. The lowest BCUT2D eigenvalue weighted by Gasteiger charge is -2.06. The Hall–Kier alpha value is -3.55. The van der Waals surface area contributed by atoms with Crippen LogP contribution in [0.25, 0.3) is 10.8 Å². The molecule has 120 valence electrons. The van der Waals surface area contributed by atoms with Crippen molar-refractivity contribution in [3.05, 3.63) is 80.3 Å². The maximum Gasteiger partial charge on any atom is 0.272 e. The normalized spacial score (nSPS) is 10.5. The van der Waals surface area contributed by atoms with Crippen LogP contribution in [0.5, 0.6) is 0 Å². The number of nitro benzene ring substituents is 1. The van der Waals surface area contributed by atoms with Crippen LogP contribution >= 0.6 is 0 Å². The molecule has 0 aliphatic heterocycles. The van der Waals surface area contributed by atoms with Crippen LogP contribution in [0, 0.1) is 10.1 Å². The van der Waals surface area contributed by atoms with Gasteiger partial charge < -0.3 is 5.32 Å². The van der Waals surface area contributed by atoms with Crippen molar-refractivity contribution in [3.63, 3.8) is 0 Å².